The lowest BCUT2D eigenvalue weighted by molar-refractivity contribution is 0.591. The van der Waals surface area contributed by atoms with Gasteiger partial charge in [0, 0.05) is 27.5 Å². The second kappa shape index (κ2) is 12.0. The summed E-state index contributed by atoms with van der Waals surface area (Å²) in [6.45, 7) is 6.76. The van der Waals surface area contributed by atoms with Crippen molar-refractivity contribution in [3.05, 3.63) is 157 Å². The highest BCUT2D eigenvalue weighted by molar-refractivity contribution is 6.10. The highest BCUT2D eigenvalue weighted by Crippen LogP contribution is 2.39. The first-order valence-electron chi connectivity index (χ1n) is 16.4. The van der Waals surface area contributed by atoms with Gasteiger partial charge in [-0.25, -0.2) is 15.0 Å². The van der Waals surface area contributed by atoms with Crippen LogP contribution in [0.25, 0.3) is 72.8 Å². The first-order valence-corrected chi connectivity index (χ1v) is 16.4. The lowest BCUT2D eigenvalue weighted by Gasteiger charge is -2.19. The monoisotopic (exact) mass is 631 g/mol. The largest absolute Gasteiger partial charge is 0.308 e. The molecule has 0 amide bonds. The predicted octanol–water partition coefficient (Wildman–Crippen LogP) is 10.8. The molecule has 2 heterocycles. The Morgan fingerprint density at radius 1 is 0.510 bits per heavy atom. The Morgan fingerprint density at radius 3 is 1.71 bits per heavy atom. The van der Waals surface area contributed by atoms with Crippen molar-refractivity contribution in [3.63, 3.8) is 0 Å². The van der Waals surface area contributed by atoms with Gasteiger partial charge in [-0.3, -0.25) is 0 Å². The zero-order valence-electron chi connectivity index (χ0n) is 27.6. The second-order valence-electron chi connectivity index (χ2n) is 13.3. The van der Waals surface area contributed by atoms with E-state index in [1.165, 1.54) is 16.3 Å². The van der Waals surface area contributed by atoms with E-state index < -0.39 is 0 Å². The summed E-state index contributed by atoms with van der Waals surface area (Å²) in [6, 6.07) is 51.9. The molecule has 0 spiro atoms. The third-order valence-corrected chi connectivity index (χ3v) is 9.06. The topological polar surface area (TPSA) is 67.4 Å². The van der Waals surface area contributed by atoms with Crippen molar-refractivity contribution in [2.75, 3.05) is 0 Å². The molecule has 2 aromatic heterocycles. The first-order chi connectivity index (χ1) is 23.9. The number of para-hydroxylation sites is 1. The summed E-state index contributed by atoms with van der Waals surface area (Å²) in [5.41, 5.74) is 9.86. The molecule has 0 aliphatic heterocycles. The van der Waals surface area contributed by atoms with Crippen LogP contribution in [0.1, 0.15) is 31.9 Å². The Labute approximate surface area is 285 Å². The number of fused-ring (bicyclic) bond motifs is 3. The van der Waals surface area contributed by atoms with E-state index in [2.05, 4.69) is 92.1 Å². The summed E-state index contributed by atoms with van der Waals surface area (Å²) in [5, 5.41) is 11.8. The fourth-order valence-corrected chi connectivity index (χ4v) is 6.45. The zero-order valence-corrected chi connectivity index (χ0v) is 27.6. The molecule has 234 valence electrons. The maximum Gasteiger partial charge on any atom is 0.166 e. The SMILES string of the molecule is CC(C)(C)c1ccc2c(c1)c1ccccc1n2-c1cc(-c2ccc(C#N)cc2)ccc1-c1nc(-c2ccccc2)nc(-c2ccccc2)n1. The van der Waals surface area contributed by atoms with E-state index in [4.69, 9.17) is 15.0 Å². The van der Waals surface area contributed by atoms with Crippen molar-refractivity contribution >= 4 is 21.8 Å². The zero-order chi connectivity index (χ0) is 33.5. The van der Waals surface area contributed by atoms with E-state index in [0.717, 1.165) is 44.5 Å². The third-order valence-electron chi connectivity index (χ3n) is 9.06. The molecule has 8 rings (SSSR count). The van der Waals surface area contributed by atoms with Gasteiger partial charge in [0.05, 0.1) is 28.4 Å². The molecule has 6 aromatic carbocycles. The van der Waals surface area contributed by atoms with Gasteiger partial charge >= 0.3 is 0 Å². The first kappa shape index (κ1) is 30.0. The molecular formula is C44H33N5. The van der Waals surface area contributed by atoms with Gasteiger partial charge in [0.25, 0.3) is 0 Å². The van der Waals surface area contributed by atoms with Crippen molar-refractivity contribution in [2.45, 2.75) is 26.2 Å². The Balaban J connectivity index is 1.44. The van der Waals surface area contributed by atoms with E-state index in [-0.39, 0.29) is 5.41 Å². The molecule has 0 bridgehead atoms. The molecule has 49 heavy (non-hydrogen) atoms. The summed E-state index contributed by atoms with van der Waals surface area (Å²) < 4.78 is 2.34. The maximum absolute atomic E-state index is 9.44. The Bertz CT molecular complexity index is 2460. The minimum atomic E-state index is 0.00458. The number of rotatable bonds is 5. The van der Waals surface area contributed by atoms with Gasteiger partial charge in [0.1, 0.15) is 0 Å². The molecule has 0 fully saturated rings. The summed E-state index contributed by atoms with van der Waals surface area (Å²) in [4.78, 5) is 15.2. The van der Waals surface area contributed by atoms with Gasteiger partial charge < -0.3 is 4.57 Å². The third kappa shape index (κ3) is 5.54. The van der Waals surface area contributed by atoms with Crippen LogP contribution in [0.5, 0.6) is 0 Å². The van der Waals surface area contributed by atoms with E-state index in [9.17, 15) is 5.26 Å². The smallest absolute Gasteiger partial charge is 0.166 e. The molecule has 5 heteroatoms. The summed E-state index contributed by atoms with van der Waals surface area (Å²) in [7, 11) is 0. The molecule has 5 nitrogen and oxygen atoms in total. The standard InChI is InChI=1S/C44H33N5/c1-44(2,3)34-23-25-39-37(27-34)35-16-10-11-17-38(35)49(39)40-26-33(30-20-18-29(28-45)19-21-30)22-24-36(40)43-47-41(31-12-6-4-7-13-31)46-42(48-43)32-14-8-5-9-15-32/h4-27H,1-3H3. The van der Waals surface area contributed by atoms with Crippen LogP contribution in [0.2, 0.25) is 0 Å². The molecular weight excluding hydrogens is 599 g/mol. The lowest BCUT2D eigenvalue weighted by Crippen LogP contribution is -2.10. The molecule has 0 N–H and O–H groups in total. The minimum Gasteiger partial charge on any atom is -0.308 e. The number of nitrogens with zero attached hydrogens (tertiary/aromatic N) is 5. The predicted molar refractivity (Wildman–Crippen MR) is 199 cm³/mol. The van der Waals surface area contributed by atoms with Gasteiger partial charge in [-0.2, -0.15) is 5.26 Å². The molecule has 0 atom stereocenters. The molecule has 0 saturated heterocycles. The van der Waals surface area contributed by atoms with Crippen LogP contribution < -0.4 is 0 Å². The van der Waals surface area contributed by atoms with Crippen LogP contribution in [0, 0.1) is 11.3 Å². The van der Waals surface area contributed by atoms with Crippen molar-refractivity contribution < 1.29 is 0 Å². The summed E-state index contributed by atoms with van der Waals surface area (Å²) in [6.07, 6.45) is 0. The number of benzene rings is 6. The highest BCUT2D eigenvalue weighted by atomic mass is 15.1. The van der Waals surface area contributed by atoms with E-state index in [1.807, 2.05) is 84.9 Å². The van der Waals surface area contributed by atoms with Crippen LogP contribution in [0.3, 0.4) is 0 Å². The number of nitriles is 1. The van der Waals surface area contributed by atoms with Gasteiger partial charge in [0.2, 0.25) is 0 Å². The van der Waals surface area contributed by atoms with Crippen LogP contribution in [-0.4, -0.2) is 19.5 Å². The highest BCUT2D eigenvalue weighted by Gasteiger charge is 2.22. The molecule has 8 aromatic rings. The van der Waals surface area contributed by atoms with Crippen molar-refractivity contribution in [1.82, 2.24) is 19.5 Å². The summed E-state index contributed by atoms with van der Waals surface area (Å²) >= 11 is 0. The fourth-order valence-electron chi connectivity index (χ4n) is 6.45. The van der Waals surface area contributed by atoms with Gasteiger partial charge in [-0.15, -0.1) is 0 Å². The second-order valence-corrected chi connectivity index (χ2v) is 13.3. The lowest BCUT2D eigenvalue weighted by atomic mass is 9.86. The Hall–Kier alpha value is -6.38. The van der Waals surface area contributed by atoms with Gasteiger partial charge in [-0.1, -0.05) is 124 Å². The normalized spacial score (nSPS) is 11.6. The van der Waals surface area contributed by atoms with E-state index in [0.29, 0.717) is 23.0 Å². The summed E-state index contributed by atoms with van der Waals surface area (Å²) in [5.74, 6) is 1.82. The van der Waals surface area contributed by atoms with Gasteiger partial charge in [0.15, 0.2) is 17.5 Å². The number of hydrogen-bond acceptors (Lipinski definition) is 4. The number of hydrogen-bond donors (Lipinski definition) is 0. The molecule has 0 aliphatic carbocycles. The van der Waals surface area contributed by atoms with Gasteiger partial charge in [-0.05, 0) is 64.6 Å². The Morgan fingerprint density at radius 2 is 1.08 bits per heavy atom. The Kier molecular flexibility index (Phi) is 7.35. The van der Waals surface area contributed by atoms with Crippen LogP contribution in [0.15, 0.2) is 146 Å². The fraction of sp³-hybridized carbons (Fsp3) is 0.0909. The van der Waals surface area contributed by atoms with Crippen molar-refractivity contribution in [2.24, 2.45) is 0 Å². The molecule has 0 unspecified atom stereocenters. The average Bonchev–Trinajstić information content (AvgIpc) is 3.48. The van der Waals surface area contributed by atoms with Crippen LogP contribution >= 0.6 is 0 Å². The van der Waals surface area contributed by atoms with Crippen LogP contribution in [0.4, 0.5) is 0 Å². The van der Waals surface area contributed by atoms with E-state index in [1.54, 1.807) is 0 Å². The van der Waals surface area contributed by atoms with E-state index >= 15 is 0 Å². The quantitative estimate of drug-likeness (QED) is 0.190. The van der Waals surface area contributed by atoms with Crippen molar-refractivity contribution in [1.29, 1.82) is 5.26 Å². The maximum atomic E-state index is 9.44. The number of aromatic nitrogens is 4. The minimum absolute atomic E-state index is 0.00458. The molecule has 0 aliphatic rings. The van der Waals surface area contributed by atoms with Crippen LogP contribution in [-0.2, 0) is 5.41 Å². The van der Waals surface area contributed by atoms with Crippen molar-refractivity contribution in [3.8, 4) is 57.0 Å². The molecule has 0 saturated carbocycles. The molecule has 0 radical (unpaired) electrons. The average molecular weight is 632 g/mol.